The molecule has 0 spiro atoms. The summed E-state index contributed by atoms with van der Waals surface area (Å²) in [4.78, 5) is 8.92. The zero-order valence-electron chi connectivity index (χ0n) is 18.7. The zero-order valence-corrected chi connectivity index (χ0v) is 18.7. The molecule has 31 heavy (non-hydrogen) atoms. The van der Waals surface area contributed by atoms with Crippen molar-refractivity contribution in [2.45, 2.75) is 32.9 Å². The van der Waals surface area contributed by atoms with E-state index in [0.717, 1.165) is 61.1 Å². The molecular formula is C24H33N5O2. The number of rotatable bonds is 11. The van der Waals surface area contributed by atoms with E-state index in [9.17, 15) is 0 Å². The molecule has 166 valence electrons. The Balaban J connectivity index is 1.28. The summed E-state index contributed by atoms with van der Waals surface area (Å²) in [6.07, 6.45) is 1.91. The first-order valence-electron chi connectivity index (χ1n) is 10.8. The predicted molar refractivity (Wildman–Crippen MR) is 126 cm³/mol. The van der Waals surface area contributed by atoms with Crippen LogP contribution in [0.4, 0.5) is 0 Å². The maximum absolute atomic E-state index is 5.75. The van der Waals surface area contributed by atoms with Gasteiger partial charge < -0.3 is 24.7 Å². The van der Waals surface area contributed by atoms with Crippen LogP contribution in [0.15, 0.2) is 53.5 Å². The quantitative estimate of drug-likeness (QED) is 0.280. The summed E-state index contributed by atoms with van der Waals surface area (Å²) in [5.41, 5.74) is 3.39. The van der Waals surface area contributed by atoms with Gasteiger partial charge in [0.1, 0.15) is 11.6 Å². The minimum absolute atomic E-state index is 0.610. The number of hydrogen-bond acceptors (Lipinski definition) is 4. The summed E-state index contributed by atoms with van der Waals surface area (Å²) < 4.78 is 13.2. The van der Waals surface area contributed by atoms with Crippen LogP contribution in [-0.4, -0.2) is 49.4 Å². The standard InChI is InChI=1S/C24H33N5O2/c1-19-28-22-8-4-5-9-23(22)29(19)16-6-14-26-24(25-2)27-15-7-17-31-18-20-10-12-21(30-3)13-11-20/h4-5,8-13H,6-7,14-18H2,1-3H3,(H2,25,26,27). The molecule has 2 aromatic carbocycles. The number of imidazole rings is 1. The fourth-order valence-electron chi connectivity index (χ4n) is 3.44. The highest BCUT2D eigenvalue weighted by Gasteiger charge is 2.06. The Labute approximate surface area is 184 Å². The van der Waals surface area contributed by atoms with Crippen molar-refractivity contribution in [3.8, 4) is 5.75 Å². The maximum atomic E-state index is 5.75. The number of methoxy groups -OCH3 is 1. The van der Waals surface area contributed by atoms with E-state index in [4.69, 9.17) is 9.47 Å². The molecule has 0 aliphatic rings. The third-order valence-corrected chi connectivity index (χ3v) is 5.11. The number of nitrogens with zero attached hydrogens (tertiary/aromatic N) is 3. The number of aliphatic imine (C=N–C) groups is 1. The van der Waals surface area contributed by atoms with Crippen molar-refractivity contribution in [2.24, 2.45) is 4.99 Å². The highest BCUT2D eigenvalue weighted by molar-refractivity contribution is 5.79. The Bertz CT molecular complexity index is 966. The van der Waals surface area contributed by atoms with Crippen LogP contribution in [0.2, 0.25) is 0 Å². The average molecular weight is 424 g/mol. The van der Waals surface area contributed by atoms with Crippen molar-refractivity contribution in [3.63, 3.8) is 0 Å². The number of guanidine groups is 1. The van der Waals surface area contributed by atoms with Crippen molar-refractivity contribution in [1.29, 1.82) is 0 Å². The fourth-order valence-corrected chi connectivity index (χ4v) is 3.44. The SMILES string of the molecule is CN=C(NCCCOCc1ccc(OC)cc1)NCCCn1c(C)nc2ccccc21. The molecule has 1 aromatic heterocycles. The summed E-state index contributed by atoms with van der Waals surface area (Å²) >= 11 is 0. The van der Waals surface area contributed by atoms with Gasteiger partial charge in [-0.05, 0) is 49.6 Å². The Morgan fingerprint density at radius 1 is 1.03 bits per heavy atom. The molecule has 1 heterocycles. The molecule has 3 rings (SSSR count). The van der Waals surface area contributed by atoms with E-state index in [1.165, 1.54) is 5.52 Å². The first kappa shape index (κ1) is 22.6. The predicted octanol–water partition coefficient (Wildman–Crippen LogP) is 3.52. The van der Waals surface area contributed by atoms with Crippen molar-refractivity contribution in [2.75, 3.05) is 33.9 Å². The number of ether oxygens (including phenoxy) is 2. The van der Waals surface area contributed by atoms with Gasteiger partial charge in [0.2, 0.25) is 0 Å². The lowest BCUT2D eigenvalue weighted by Crippen LogP contribution is -2.38. The Morgan fingerprint density at radius 2 is 1.77 bits per heavy atom. The van der Waals surface area contributed by atoms with Gasteiger partial charge in [0.15, 0.2) is 5.96 Å². The number of para-hydroxylation sites is 2. The second-order valence-electron chi connectivity index (χ2n) is 7.33. The third-order valence-electron chi connectivity index (χ3n) is 5.11. The van der Waals surface area contributed by atoms with Gasteiger partial charge in [0.05, 0.1) is 24.8 Å². The number of benzene rings is 2. The number of aromatic nitrogens is 2. The molecule has 7 heteroatoms. The highest BCUT2D eigenvalue weighted by atomic mass is 16.5. The average Bonchev–Trinajstić information content (AvgIpc) is 3.12. The summed E-state index contributed by atoms with van der Waals surface area (Å²) in [6, 6.07) is 16.2. The number of fused-ring (bicyclic) bond motifs is 1. The Hall–Kier alpha value is -3.06. The van der Waals surface area contributed by atoms with Crippen LogP contribution in [0.3, 0.4) is 0 Å². The number of nitrogens with one attached hydrogen (secondary N) is 2. The van der Waals surface area contributed by atoms with Crippen LogP contribution in [0.25, 0.3) is 11.0 Å². The molecule has 0 saturated heterocycles. The van der Waals surface area contributed by atoms with Gasteiger partial charge in [0, 0.05) is 33.3 Å². The molecule has 0 saturated carbocycles. The Morgan fingerprint density at radius 3 is 2.52 bits per heavy atom. The fraction of sp³-hybridized carbons (Fsp3) is 0.417. The first-order valence-corrected chi connectivity index (χ1v) is 10.8. The molecule has 7 nitrogen and oxygen atoms in total. The van der Waals surface area contributed by atoms with Crippen molar-refractivity contribution < 1.29 is 9.47 Å². The van der Waals surface area contributed by atoms with Gasteiger partial charge in [-0.1, -0.05) is 24.3 Å². The minimum Gasteiger partial charge on any atom is -0.497 e. The van der Waals surface area contributed by atoms with Crippen LogP contribution in [0.1, 0.15) is 24.2 Å². The molecule has 0 fully saturated rings. The van der Waals surface area contributed by atoms with E-state index in [2.05, 4.69) is 50.3 Å². The van der Waals surface area contributed by atoms with E-state index in [1.807, 2.05) is 30.3 Å². The maximum Gasteiger partial charge on any atom is 0.190 e. The van der Waals surface area contributed by atoms with Gasteiger partial charge in [-0.15, -0.1) is 0 Å². The van der Waals surface area contributed by atoms with Crippen LogP contribution < -0.4 is 15.4 Å². The van der Waals surface area contributed by atoms with E-state index in [-0.39, 0.29) is 0 Å². The molecule has 0 amide bonds. The molecule has 2 N–H and O–H groups in total. The van der Waals surface area contributed by atoms with E-state index in [0.29, 0.717) is 13.2 Å². The second kappa shape index (κ2) is 12.0. The topological polar surface area (TPSA) is 72.7 Å². The normalized spacial score (nSPS) is 11.6. The monoisotopic (exact) mass is 423 g/mol. The van der Waals surface area contributed by atoms with Gasteiger partial charge in [-0.3, -0.25) is 4.99 Å². The van der Waals surface area contributed by atoms with Crippen LogP contribution in [0.5, 0.6) is 5.75 Å². The van der Waals surface area contributed by atoms with Crippen LogP contribution in [-0.2, 0) is 17.9 Å². The highest BCUT2D eigenvalue weighted by Crippen LogP contribution is 2.15. The van der Waals surface area contributed by atoms with Crippen molar-refractivity contribution in [3.05, 3.63) is 59.9 Å². The van der Waals surface area contributed by atoms with Crippen molar-refractivity contribution >= 4 is 17.0 Å². The van der Waals surface area contributed by atoms with Gasteiger partial charge in [-0.25, -0.2) is 4.98 Å². The Kier molecular flexibility index (Phi) is 8.72. The molecule has 0 bridgehead atoms. The lowest BCUT2D eigenvalue weighted by molar-refractivity contribution is 0.119. The van der Waals surface area contributed by atoms with E-state index in [1.54, 1.807) is 14.2 Å². The molecule has 0 radical (unpaired) electrons. The first-order chi connectivity index (χ1) is 15.2. The van der Waals surface area contributed by atoms with Crippen LogP contribution in [0, 0.1) is 6.92 Å². The molecule has 3 aromatic rings. The van der Waals surface area contributed by atoms with Gasteiger partial charge in [0.25, 0.3) is 0 Å². The summed E-state index contributed by atoms with van der Waals surface area (Å²) in [5.74, 6) is 2.74. The number of hydrogen-bond donors (Lipinski definition) is 2. The van der Waals surface area contributed by atoms with Crippen LogP contribution >= 0.6 is 0 Å². The minimum atomic E-state index is 0.610. The van der Waals surface area contributed by atoms with E-state index < -0.39 is 0 Å². The molecule has 0 unspecified atom stereocenters. The lowest BCUT2D eigenvalue weighted by atomic mass is 10.2. The summed E-state index contributed by atoms with van der Waals surface area (Å²) in [6.45, 7) is 5.95. The van der Waals surface area contributed by atoms with Gasteiger partial charge in [-0.2, -0.15) is 0 Å². The summed E-state index contributed by atoms with van der Waals surface area (Å²) in [5, 5.41) is 6.72. The van der Waals surface area contributed by atoms with E-state index >= 15 is 0 Å². The third kappa shape index (κ3) is 6.72. The molecule has 0 aliphatic heterocycles. The summed E-state index contributed by atoms with van der Waals surface area (Å²) in [7, 11) is 3.46. The number of aryl methyl sites for hydroxylation is 2. The zero-order chi connectivity index (χ0) is 21.9. The van der Waals surface area contributed by atoms with Crippen molar-refractivity contribution in [1.82, 2.24) is 20.2 Å². The smallest absolute Gasteiger partial charge is 0.190 e. The lowest BCUT2D eigenvalue weighted by Gasteiger charge is -2.13. The second-order valence-corrected chi connectivity index (χ2v) is 7.33. The molecule has 0 atom stereocenters. The molecule has 0 aliphatic carbocycles. The van der Waals surface area contributed by atoms with Gasteiger partial charge >= 0.3 is 0 Å². The molecular weight excluding hydrogens is 390 g/mol. The largest absolute Gasteiger partial charge is 0.497 e.